The van der Waals surface area contributed by atoms with Gasteiger partial charge in [0, 0.05) is 17.6 Å². The molecule has 0 atom stereocenters. The van der Waals surface area contributed by atoms with Crippen molar-refractivity contribution in [1.82, 2.24) is 9.59 Å². The SMILES string of the molecule is CCCC(CCC)Nc1cnns1. The zero-order chi connectivity index (χ0) is 9.52. The average molecular weight is 199 g/mol. The van der Waals surface area contributed by atoms with Gasteiger partial charge in [-0.1, -0.05) is 31.2 Å². The maximum atomic E-state index is 3.82. The molecule has 0 radical (unpaired) electrons. The van der Waals surface area contributed by atoms with Crippen molar-refractivity contribution >= 4 is 16.5 Å². The Bertz CT molecular complexity index is 205. The van der Waals surface area contributed by atoms with E-state index in [-0.39, 0.29) is 0 Å². The van der Waals surface area contributed by atoms with Crippen molar-refractivity contribution in [3.8, 4) is 0 Å². The van der Waals surface area contributed by atoms with Gasteiger partial charge in [0.15, 0.2) is 0 Å². The maximum Gasteiger partial charge on any atom is 0.130 e. The molecule has 0 unspecified atom stereocenters. The van der Waals surface area contributed by atoms with Crippen molar-refractivity contribution in [1.29, 1.82) is 0 Å². The van der Waals surface area contributed by atoms with E-state index in [4.69, 9.17) is 0 Å². The molecule has 0 aromatic carbocycles. The van der Waals surface area contributed by atoms with Gasteiger partial charge < -0.3 is 5.32 Å². The molecule has 0 fully saturated rings. The first-order chi connectivity index (χ1) is 6.36. The molecule has 0 aliphatic rings. The lowest BCUT2D eigenvalue weighted by atomic mass is 10.1. The number of rotatable bonds is 6. The zero-order valence-corrected chi connectivity index (χ0v) is 9.10. The highest BCUT2D eigenvalue weighted by molar-refractivity contribution is 7.09. The van der Waals surface area contributed by atoms with Crippen molar-refractivity contribution in [3.63, 3.8) is 0 Å². The van der Waals surface area contributed by atoms with E-state index in [0.29, 0.717) is 6.04 Å². The summed E-state index contributed by atoms with van der Waals surface area (Å²) in [5.41, 5.74) is 0. The lowest BCUT2D eigenvalue weighted by Gasteiger charge is -2.16. The lowest BCUT2D eigenvalue weighted by Crippen LogP contribution is -2.17. The Balaban J connectivity index is 2.37. The molecule has 0 amide bonds. The van der Waals surface area contributed by atoms with Gasteiger partial charge in [0.05, 0.1) is 6.20 Å². The smallest absolute Gasteiger partial charge is 0.130 e. The number of nitrogens with zero attached hydrogens (tertiary/aromatic N) is 2. The second-order valence-corrected chi connectivity index (χ2v) is 3.99. The van der Waals surface area contributed by atoms with Gasteiger partial charge in [-0.3, -0.25) is 0 Å². The highest BCUT2D eigenvalue weighted by Crippen LogP contribution is 2.15. The highest BCUT2D eigenvalue weighted by Gasteiger charge is 2.06. The molecule has 4 heteroatoms. The van der Waals surface area contributed by atoms with Gasteiger partial charge in [-0.2, -0.15) is 0 Å². The molecule has 1 aromatic rings. The predicted octanol–water partition coefficient (Wildman–Crippen LogP) is 2.92. The quantitative estimate of drug-likeness (QED) is 0.765. The summed E-state index contributed by atoms with van der Waals surface area (Å²) < 4.78 is 3.82. The predicted molar refractivity (Wildman–Crippen MR) is 57.1 cm³/mol. The van der Waals surface area contributed by atoms with Crippen molar-refractivity contribution in [2.45, 2.75) is 45.6 Å². The Kier molecular flexibility index (Phi) is 4.75. The van der Waals surface area contributed by atoms with Crippen LogP contribution in [-0.2, 0) is 0 Å². The monoisotopic (exact) mass is 199 g/mol. The topological polar surface area (TPSA) is 37.8 Å². The third kappa shape index (κ3) is 3.72. The van der Waals surface area contributed by atoms with E-state index >= 15 is 0 Å². The minimum atomic E-state index is 0.595. The second kappa shape index (κ2) is 5.91. The number of nitrogens with one attached hydrogen (secondary N) is 1. The summed E-state index contributed by atoms with van der Waals surface area (Å²) in [5, 5.41) is 8.35. The molecule has 0 aliphatic carbocycles. The summed E-state index contributed by atoms with van der Waals surface area (Å²) in [6, 6.07) is 0.595. The van der Waals surface area contributed by atoms with Crippen LogP contribution in [0.4, 0.5) is 5.00 Å². The number of hydrogen-bond donors (Lipinski definition) is 1. The Hall–Kier alpha value is -0.640. The molecule has 0 saturated carbocycles. The van der Waals surface area contributed by atoms with Crippen LogP contribution < -0.4 is 5.32 Å². The fourth-order valence-electron chi connectivity index (χ4n) is 1.42. The molecule has 1 N–H and O–H groups in total. The first kappa shape index (κ1) is 10.4. The molecule has 74 valence electrons. The van der Waals surface area contributed by atoms with E-state index in [1.54, 1.807) is 6.20 Å². The third-order valence-electron chi connectivity index (χ3n) is 1.98. The largest absolute Gasteiger partial charge is 0.372 e. The average Bonchev–Trinajstić information content (AvgIpc) is 2.58. The standard InChI is InChI=1S/C9H17N3S/c1-3-5-8(6-4-2)11-9-7-10-12-13-9/h7-8,11H,3-6H2,1-2H3. The third-order valence-corrected chi connectivity index (χ3v) is 2.58. The normalized spacial score (nSPS) is 10.7. The minimum absolute atomic E-state index is 0.595. The molecule has 1 rings (SSSR count). The summed E-state index contributed by atoms with van der Waals surface area (Å²) in [5.74, 6) is 0. The first-order valence-electron chi connectivity index (χ1n) is 4.90. The fourth-order valence-corrected chi connectivity index (χ4v) is 1.91. The van der Waals surface area contributed by atoms with Crippen LogP contribution in [-0.4, -0.2) is 15.6 Å². The molecular weight excluding hydrogens is 182 g/mol. The summed E-state index contributed by atoms with van der Waals surface area (Å²) in [4.78, 5) is 0. The van der Waals surface area contributed by atoms with Gasteiger partial charge in [-0.05, 0) is 12.8 Å². The molecule has 3 nitrogen and oxygen atoms in total. The van der Waals surface area contributed by atoms with Crippen LogP contribution in [0.1, 0.15) is 39.5 Å². The van der Waals surface area contributed by atoms with Crippen LogP contribution >= 0.6 is 11.5 Å². The summed E-state index contributed by atoms with van der Waals surface area (Å²) in [6.45, 7) is 4.44. The van der Waals surface area contributed by atoms with Crippen LogP contribution in [0.15, 0.2) is 6.20 Å². The Morgan fingerprint density at radius 1 is 1.38 bits per heavy atom. The van der Waals surface area contributed by atoms with Crippen molar-refractivity contribution < 1.29 is 0 Å². The van der Waals surface area contributed by atoms with Gasteiger partial charge in [0.2, 0.25) is 0 Å². The van der Waals surface area contributed by atoms with Crippen LogP contribution in [0.2, 0.25) is 0 Å². The van der Waals surface area contributed by atoms with Gasteiger partial charge in [-0.15, -0.1) is 5.10 Å². The Labute approximate surface area is 83.7 Å². The molecule has 1 heterocycles. The van der Waals surface area contributed by atoms with E-state index in [0.717, 1.165) is 5.00 Å². The van der Waals surface area contributed by atoms with Crippen molar-refractivity contribution in [2.24, 2.45) is 0 Å². The molecule has 13 heavy (non-hydrogen) atoms. The number of anilines is 1. The first-order valence-corrected chi connectivity index (χ1v) is 5.68. The van der Waals surface area contributed by atoms with Gasteiger partial charge in [0.1, 0.15) is 5.00 Å². The number of aromatic nitrogens is 2. The molecular formula is C9H17N3S. The second-order valence-electron chi connectivity index (χ2n) is 3.20. The summed E-state index contributed by atoms with van der Waals surface area (Å²) >= 11 is 1.43. The molecule has 0 saturated heterocycles. The molecule has 1 aromatic heterocycles. The van der Waals surface area contributed by atoms with Gasteiger partial charge in [-0.25, -0.2) is 0 Å². The minimum Gasteiger partial charge on any atom is -0.372 e. The lowest BCUT2D eigenvalue weighted by molar-refractivity contribution is 0.587. The zero-order valence-electron chi connectivity index (χ0n) is 8.29. The van der Waals surface area contributed by atoms with Crippen LogP contribution in [0.3, 0.4) is 0 Å². The maximum absolute atomic E-state index is 3.82. The van der Waals surface area contributed by atoms with E-state index < -0.39 is 0 Å². The van der Waals surface area contributed by atoms with Crippen LogP contribution in [0, 0.1) is 0 Å². The van der Waals surface area contributed by atoms with Crippen molar-refractivity contribution in [2.75, 3.05) is 5.32 Å². The van der Waals surface area contributed by atoms with E-state index in [1.807, 2.05) is 0 Å². The Morgan fingerprint density at radius 2 is 2.08 bits per heavy atom. The van der Waals surface area contributed by atoms with E-state index in [1.165, 1.54) is 37.2 Å². The van der Waals surface area contributed by atoms with Crippen LogP contribution in [0.25, 0.3) is 0 Å². The molecule has 0 aliphatic heterocycles. The molecule has 0 bridgehead atoms. The van der Waals surface area contributed by atoms with Gasteiger partial charge >= 0.3 is 0 Å². The summed E-state index contributed by atoms with van der Waals surface area (Å²) in [6.07, 6.45) is 6.70. The molecule has 0 spiro atoms. The number of hydrogen-bond acceptors (Lipinski definition) is 4. The Morgan fingerprint density at radius 3 is 2.54 bits per heavy atom. The summed E-state index contributed by atoms with van der Waals surface area (Å²) in [7, 11) is 0. The fraction of sp³-hybridized carbons (Fsp3) is 0.778. The van der Waals surface area contributed by atoms with Crippen molar-refractivity contribution in [3.05, 3.63) is 6.20 Å². The van der Waals surface area contributed by atoms with Crippen LogP contribution in [0.5, 0.6) is 0 Å². The van der Waals surface area contributed by atoms with E-state index in [2.05, 4.69) is 28.8 Å². The highest BCUT2D eigenvalue weighted by atomic mass is 32.1. The van der Waals surface area contributed by atoms with Gasteiger partial charge in [0.25, 0.3) is 0 Å². The van der Waals surface area contributed by atoms with E-state index in [9.17, 15) is 0 Å².